The van der Waals surface area contributed by atoms with Crippen LogP contribution in [-0.4, -0.2) is 53.6 Å². The third-order valence-corrected chi connectivity index (χ3v) is 6.85. The van der Waals surface area contributed by atoms with Crippen LogP contribution in [0.15, 0.2) is 36.4 Å². The fourth-order valence-electron chi connectivity index (χ4n) is 5.12. The standard InChI is InChI=1S/C28H33F2N5O3/c1-6-32-21(17-7-9-19(29)10-8-17)14-23(36)35-15(2)11-18(12-16(35)3)28-33-25-20(27(31)34-28)13-22(37-4)26(38-5)24(25)30/h7-11,13,15-16,21,32H,6,12,14H2,1-5H3,(H2,31,33,34)/t15?,16?,21-/m1/s1. The molecular formula is C28H33F2N5O3. The molecule has 1 aliphatic rings. The lowest BCUT2D eigenvalue weighted by Crippen LogP contribution is -2.47. The Bertz CT molecular complexity index is 1360. The summed E-state index contributed by atoms with van der Waals surface area (Å²) in [6.45, 7) is 6.51. The number of nitrogens with one attached hydrogen (secondary N) is 1. The number of rotatable bonds is 8. The number of halogens is 2. The van der Waals surface area contributed by atoms with Gasteiger partial charge in [-0.1, -0.05) is 25.1 Å². The van der Waals surface area contributed by atoms with Crippen molar-refractivity contribution in [3.8, 4) is 11.5 Å². The number of anilines is 1. The minimum Gasteiger partial charge on any atom is -0.493 e. The van der Waals surface area contributed by atoms with Crippen LogP contribution in [0, 0.1) is 11.6 Å². The highest BCUT2D eigenvalue weighted by atomic mass is 19.1. The molecule has 3 N–H and O–H groups in total. The summed E-state index contributed by atoms with van der Waals surface area (Å²) in [5, 5.41) is 3.65. The second-order valence-corrected chi connectivity index (χ2v) is 9.41. The second kappa shape index (κ2) is 11.3. The van der Waals surface area contributed by atoms with Gasteiger partial charge in [0, 0.05) is 29.9 Å². The molecule has 0 bridgehead atoms. The van der Waals surface area contributed by atoms with E-state index in [0.29, 0.717) is 24.2 Å². The van der Waals surface area contributed by atoms with E-state index in [9.17, 15) is 9.18 Å². The molecular weight excluding hydrogens is 492 g/mol. The molecule has 3 aromatic rings. The molecule has 10 heteroatoms. The summed E-state index contributed by atoms with van der Waals surface area (Å²) in [7, 11) is 2.77. The lowest BCUT2D eigenvalue weighted by molar-refractivity contribution is -0.135. The number of aromatic nitrogens is 2. The second-order valence-electron chi connectivity index (χ2n) is 9.41. The van der Waals surface area contributed by atoms with Crippen LogP contribution in [0.4, 0.5) is 14.6 Å². The third kappa shape index (κ3) is 5.26. The summed E-state index contributed by atoms with van der Waals surface area (Å²) in [5.41, 5.74) is 7.87. The molecule has 0 aliphatic carbocycles. The largest absolute Gasteiger partial charge is 0.493 e. The number of nitrogen functional groups attached to an aromatic ring is 1. The van der Waals surface area contributed by atoms with Gasteiger partial charge in [0.15, 0.2) is 23.1 Å². The minimum atomic E-state index is -0.679. The molecule has 202 valence electrons. The van der Waals surface area contributed by atoms with Gasteiger partial charge in [-0.25, -0.2) is 18.7 Å². The summed E-state index contributed by atoms with van der Waals surface area (Å²) < 4.78 is 39.1. The zero-order chi connectivity index (χ0) is 27.6. The Balaban J connectivity index is 1.62. The van der Waals surface area contributed by atoms with E-state index in [4.69, 9.17) is 15.2 Å². The van der Waals surface area contributed by atoms with Crippen LogP contribution in [0.2, 0.25) is 0 Å². The SMILES string of the molecule is CCN[C@H](CC(=O)N1C(C)C=C(c2nc(N)c3cc(OC)c(OC)c(F)c3n2)CC1C)c1ccc(F)cc1. The smallest absolute Gasteiger partial charge is 0.225 e. The maximum atomic E-state index is 15.3. The molecule has 8 nitrogen and oxygen atoms in total. The van der Waals surface area contributed by atoms with E-state index >= 15 is 4.39 Å². The van der Waals surface area contributed by atoms with Crippen LogP contribution in [-0.2, 0) is 4.79 Å². The van der Waals surface area contributed by atoms with Gasteiger partial charge in [0.1, 0.15) is 17.2 Å². The molecule has 38 heavy (non-hydrogen) atoms. The highest BCUT2D eigenvalue weighted by molar-refractivity contribution is 5.92. The van der Waals surface area contributed by atoms with Gasteiger partial charge in [0.2, 0.25) is 5.91 Å². The third-order valence-electron chi connectivity index (χ3n) is 6.85. The Kier molecular flexibility index (Phi) is 8.11. The predicted octanol–water partition coefficient (Wildman–Crippen LogP) is 4.64. The molecule has 0 fully saturated rings. The van der Waals surface area contributed by atoms with Crippen molar-refractivity contribution in [3.63, 3.8) is 0 Å². The van der Waals surface area contributed by atoms with E-state index in [1.54, 1.807) is 18.2 Å². The number of carbonyl (C=O) groups excluding carboxylic acids is 1. The van der Waals surface area contributed by atoms with Crippen molar-refractivity contribution < 1.29 is 23.0 Å². The Hall–Kier alpha value is -3.79. The molecule has 0 radical (unpaired) electrons. The molecule has 0 spiro atoms. The van der Waals surface area contributed by atoms with Gasteiger partial charge in [-0.3, -0.25) is 4.79 Å². The summed E-state index contributed by atoms with van der Waals surface area (Å²) in [6, 6.07) is 7.08. The Labute approximate surface area is 220 Å². The molecule has 3 atom stereocenters. The lowest BCUT2D eigenvalue weighted by atomic mass is 9.94. The lowest BCUT2D eigenvalue weighted by Gasteiger charge is -2.38. The molecule has 0 saturated carbocycles. The van der Waals surface area contributed by atoms with Crippen molar-refractivity contribution >= 4 is 28.2 Å². The van der Waals surface area contributed by atoms with Crippen LogP contribution in [0.3, 0.4) is 0 Å². The van der Waals surface area contributed by atoms with E-state index in [2.05, 4.69) is 15.3 Å². The summed E-state index contributed by atoms with van der Waals surface area (Å²) >= 11 is 0. The molecule has 4 rings (SSSR count). The molecule has 1 aromatic heterocycles. The van der Waals surface area contributed by atoms with Crippen LogP contribution in [0.5, 0.6) is 11.5 Å². The van der Waals surface area contributed by atoms with E-state index < -0.39 is 5.82 Å². The van der Waals surface area contributed by atoms with E-state index in [1.807, 2.05) is 31.7 Å². The van der Waals surface area contributed by atoms with Crippen LogP contribution in [0.25, 0.3) is 16.5 Å². The first kappa shape index (κ1) is 27.3. The number of hydrogen-bond donors (Lipinski definition) is 2. The number of hydrogen-bond acceptors (Lipinski definition) is 7. The number of carbonyl (C=O) groups is 1. The zero-order valence-electron chi connectivity index (χ0n) is 22.2. The normalized spacial score (nSPS) is 18.3. The number of methoxy groups -OCH3 is 2. The molecule has 1 aliphatic heterocycles. The minimum absolute atomic E-state index is 0.0302. The number of nitrogens with two attached hydrogens (primary N) is 1. The summed E-state index contributed by atoms with van der Waals surface area (Å²) in [6.07, 6.45) is 2.61. The summed E-state index contributed by atoms with van der Waals surface area (Å²) in [5.74, 6) is -0.456. The first-order valence-electron chi connectivity index (χ1n) is 12.6. The zero-order valence-corrected chi connectivity index (χ0v) is 22.2. The fourth-order valence-corrected chi connectivity index (χ4v) is 5.12. The molecule has 2 heterocycles. The van der Waals surface area contributed by atoms with Crippen molar-refractivity contribution in [2.75, 3.05) is 26.5 Å². The van der Waals surface area contributed by atoms with Crippen molar-refractivity contribution in [1.29, 1.82) is 0 Å². The molecule has 2 unspecified atom stereocenters. The van der Waals surface area contributed by atoms with Crippen molar-refractivity contribution in [2.24, 2.45) is 0 Å². The van der Waals surface area contributed by atoms with E-state index in [1.165, 1.54) is 26.4 Å². The number of nitrogens with zero attached hydrogens (tertiary/aromatic N) is 3. The number of ether oxygens (including phenoxy) is 2. The average Bonchev–Trinajstić information content (AvgIpc) is 2.88. The summed E-state index contributed by atoms with van der Waals surface area (Å²) in [4.78, 5) is 24.2. The number of fused-ring (bicyclic) bond motifs is 1. The average molecular weight is 526 g/mol. The predicted molar refractivity (Wildman–Crippen MR) is 143 cm³/mol. The topological polar surface area (TPSA) is 103 Å². The highest BCUT2D eigenvalue weighted by Gasteiger charge is 2.32. The molecule has 1 amide bonds. The van der Waals surface area contributed by atoms with E-state index in [-0.39, 0.29) is 59.1 Å². The van der Waals surface area contributed by atoms with E-state index in [0.717, 1.165) is 11.1 Å². The highest BCUT2D eigenvalue weighted by Crippen LogP contribution is 2.38. The Morgan fingerprint density at radius 2 is 1.89 bits per heavy atom. The molecule has 2 aromatic carbocycles. The van der Waals surface area contributed by atoms with Crippen LogP contribution in [0.1, 0.15) is 51.0 Å². The van der Waals surface area contributed by atoms with Crippen molar-refractivity contribution in [2.45, 2.75) is 51.7 Å². The van der Waals surface area contributed by atoms with Gasteiger partial charge in [-0.05, 0) is 56.1 Å². The van der Waals surface area contributed by atoms with Gasteiger partial charge in [0.25, 0.3) is 0 Å². The van der Waals surface area contributed by atoms with Gasteiger partial charge in [-0.2, -0.15) is 0 Å². The quantitative estimate of drug-likeness (QED) is 0.442. The van der Waals surface area contributed by atoms with Gasteiger partial charge in [0.05, 0.1) is 14.2 Å². The maximum Gasteiger partial charge on any atom is 0.225 e. The maximum absolute atomic E-state index is 15.3. The van der Waals surface area contributed by atoms with Crippen LogP contribution >= 0.6 is 0 Å². The molecule has 0 saturated heterocycles. The van der Waals surface area contributed by atoms with Crippen LogP contribution < -0.4 is 20.5 Å². The van der Waals surface area contributed by atoms with Gasteiger partial charge < -0.3 is 25.4 Å². The monoisotopic (exact) mass is 525 g/mol. The van der Waals surface area contributed by atoms with Crippen molar-refractivity contribution in [1.82, 2.24) is 20.2 Å². The first-order chi connectivity index (χ1) is 18.2. The van der Waals surface area contributed by atoms with Crippen molar-refractivity contribution in [3.05, 3.63) is 59.4 Å². The number of benzene rings is 2. The fraction of sp³-hybridized carbons (Fsp3) is 0.393. The number of amides is 1. The van der Waals surface area contributed by atoms with Gasteiger partial charge in [-0.15, -0.1) is 0 Å². The Morgan fingerprint density at radius 3 is 2.50 bits per heavy atom. The Morgan fingerprint density at radius 1 is 1.18 bits per heavy atom. The first-order valence-corrected chi connectivity index (χ1v) is 12.6. The van der Waals surface area contributed by atoms with Gasteiger partial charge >= 0.3 is 0 Å².